The van der Waals surface area contributed by atoms with Gasteiger partial charge in [0.1, 0.15) is 11.6 Å². The Morgan fingerprint density at radius 3 is 2.78 bits per heavy atom. The molecule has 0 unspecified atom stereocenters. The number of nitrogens with two attached hydrogens (primary N) is 1. The summed E-state index contributed by atoms with van der Waals surface area (Å²) in [6, 6.07) is 6.04. The van der Waals surface area contributed by atoms with Crippen LogP contribution in [0.3, 0.4) is 0 Å². The second-order valence-electron chi connectivity index (χ2n) is 3.57. The summed E-state index contributed by atoms with van der Waals surface area (Å²) in [5.41, 5.74) is 6.02. The number of aromatic nitrogens is 2. The smallest absolute Gasteiger partial charge is 0.323 e. The second-order valence-corrected chi connectivity index (χ2v) is 3.57. The Balaban J connectivity index is 2.25. The van der Waals surface area contributed by atoms with Gasteiger partial charge in [0.15, 0.2) is 0 Å². The zero-order chi connectivity index (χ0) is 13.1. The molecule has 0 radical (unpaired) electrons. The summed E-state index contributed by atoms with van der Waals surface area (Å²) in [6.45, 7) is 1.63. The first kappa shape index (κ1) is 11.8. The Bertz CT molecular complexity index is 601. The topological polar surface area (TPSA) is 104 Å². The van der Waals surface area contributed by atoms with Crippen molar-refractivity contribution in [2.24, 2.45) is 0 Å². The van der Waals surface area contributed by atoms with Gasteiger partial charge in [-0.3, -0.25) is 10.1 Å². The number of benzene rings is 1. The molecule has 2 rings (SSSR count). The molecule has 1 aromatic carbocycles. The van der Waals surface area contributed by atoms with Crippen molar-refractivity contribution >= 4 is 11.5 Å². The van der Waals surface area contributed by atoms with Gasteiger partial charge in [0.25, 0.3) is 5.69 Å². The van der Waals surface area contributed by atoms with Gasteiger partial charge in [0, 0.05) is 17.8 Å². The van der Waals surface area contributed by atoms with Crippen molar-refractivity contribution in [1.82, 2.24) is 9.97 Å². The number of rotatable bonds is 3. The van der Waals surface area contributed by atoms with Crippen molar-refractivity contribution in [2.75, 3.05) is 5.73 Å². The van der Waals surface area contributed by atoms with Gasteiger partial charge in [-0.15, -0.1) is 0 Å². The predicted octanol–water partition coefficient (Wildman–Crippen LogP) is 2.07. The van der Waals surface area contributed by atoms with Crippen molar-refractivity contribution < 1.29 is 9.66 Å². The standard InChI is InChI=1S/C11H10N4O3/c1-7-6-8(2-3-9(7)15(16)17)18-11-13-5-4-10(12)14-11/h2-6H,1H3,(H2,12,13,14). The molecule has 92 valence electrons. The number of nitrogen functional groups attached to an aromatic ring is 1. The minimum atomic E-state index is -0.448. The molecule has 0 amide bonds. The predicted molar refractivity (Wildman–Crippen MR) is 64.4 cm³/mol. The molecule has 1 heterocycles. The Morgan fingerprint density at radius 1 is 1.39 bits per heavy atom. The Morgan fingerprint density at radius 2 is 2.17 bits per heavy atom. The number of anilines is 1. The number of nitro benzene ring substituents is 1. The van der Waals surface area contributed by atoms with E-state index in [0.29, 0.717) is 17.1 Å². The lowest BCUT2D eigenvalue weighted by Gasteiger charge is -2.05. The monoisotopic (exact) mass is 246 g/mol. The van der Waals surface area contributed by atoms with Crippen molar-refractivity contribution in [3.63, 3.8) is 0 Å². The van der Waals surface area contributed by atoms with Gasteiger partial charge in [-0.05, 0) is 25.1 Å². The van der Waals surface area contributed by atoms with Crippen LogP contribution in [0.1, 0.15) is 5.56 Å². The van der Waals surface area contributed by atoms with Crippen LogP contribution in [-0.2, 0) is 0 Å². The fourth-order valence-electron chi connectivity index (χ4n) is 1.40. The lowest BCUT2D eigenvalue weighted by atomic mass is 10.2. The van der Waals surface area contributed by atoms with Gasteiger partial charge in [0.05, 0.1) is 4.92 Å². The molecule has 0 aliphatic rings. The zero-order valence-corrected chi connectivity index (χ0v) is 9.53. The minimum Gasteiger partial charge on any atom is -0.424 e. The molecule has 0 bridgehead atoms. The molecule has 0 aliphatic carbocycles. The molecule has 0 saturated carbocycles. The normalized spacial score (nSPS) is 10.1. The quantitative estimate of drug-likeness (QED) is 0.656. The molecule has 2 aromatic rings. The van der Waals surface area contributed by atoms with Crippen LogP contribution in [0.5, 0.6) is 11.8 Å². The van der Waals surface area contributed by atoms with Gasteiger partial charge in [0.2, 0.25) is 0 Å². The van der Waals surface area contributed by atoms with Crippen molar-refractivity contribution in [1.29, 1.82) is 0 Å². The minimum absolute atomic E-state index is 0.0378. The highest BCUT2D eigenvalue weighted by molar-refractivity contribution is 5.45. The first-order valence-corrected chi connectivity index (χ1v) is 5.07. The molecule has 7 nitrogen and oxygen atoms in total. The fraction of sp³-hybridized carbons (Fsp3) is 0.0909. The third-order valence-corrected chi connectivity index (χ3v) is 2.23. The van der Waals surface area contributed by atoms with Crippen LogP contribution >= 0.6 is 0 Å². The molecule has 0 spiro atoms. The largest absolute Gasteiger partial charge is 0.424 e. The van der Waals surface area contributed by atoms with Gasteiger partial charge < -0.3 is 10.5 Å². The lowest BCUT2D eigenvalue weighted by molar-refractivity contribution is -0.385. The Labute approximate surface area is 102 Å². The summed E-state index contributed by atoms with van der Waals surface area (Å²) in [5.74, 6) is 0.710. The molecule has 0 fully saturated rings. The van der Waals surface area contributed by atoms with E-state index in [1.165, 1.54) is 24.4 Å². The number of ether oxygens (including phenoxy) is 1. The number of aryl methyl sites for hydroxylation is 1. The molecule has 1 aromatic heterocycles. The lowest BCUT2D eigenvalue weighted by Crippen LogP contribution is -1.97. The van der Waals surface area contributed by atoms with E-state index < -0.39 is 4.92 Å². The summed E-state index contributed by atoms with van der Waals surface area (Å²) in [5, 5.41) is 10.7. The number of nitrogens with zero attached hydrogens (tertiary/aromatic N) is 3. The average Bonchev–Trinajstić information content (AvgIpc) is 2.28. The van der Waals surface area contributed by atoms with E-state index in [1.54, 1.807) is 13.0 Å². The van der Waals surface area contributed by atoms with Crippen LogP contribution < -0.4 is 10.5 Å². The molecule has 2 N–H and O–H groups in total. The third-order valence-electron chi connectivity index (χ3n) is 2.23. The van der Waals surface area contributed by atoms with Crippen LogP contribution in [0, 0.1) is 17.0 Å². The van der Waals surface area contributed by atoms with Crippen LogP contribution in [-0.4, -0.2) is 14.9 Å². The maximum atomic E-state index is 10.7. The van der Waals surface area contributed by atoms with E-state index in [0.717, 1.165) is 0 Å². The van der Waals surface area contributed by atoms with Crippen molar-refractivity contribution in [3.8, 4) is 11.8 Å². The van der Waals surface area contributed by atoms with Crippen LogP contribution in [0.15, 0.2) is 30.5 Å². The molecule has 18 heavy (non-hydrogen) atoms. The third kappa shape index (κ3) is 2.51. The summed E-state index contributed by atoms with van der Waals surface area (Å²) < 4.78 is 5.35. The molecular formula is C11H10N4O3. The van der Waals surface area contributed by atoms with Gasteiger partial charge in [-0.1, -0.05) is 0 Å². The maximum absolute atomic E-state index is 10.7. The SMILES string of the molecule is Cc1cc(Oc2nccc(N)n2)ccc1[N+](=O)[O-]. The summed E-state index contributed by atoms with van der Waals surface area (Å²) in [4.78, 5) is 18.0. The Kier molecular flexibility index (Phi) is 3.05. The zero-order valence-electron chi connectivity index (χ0n) is 9.53. The molecule has 7 heteroatoms. The molecule has 0 saturated heterocycles. The van der Waals surface area contributed by atoms with E-state index in [4.69, 9.17) is 10.5 Å². The maximum Gasteiger partial charge on any atom is 0.323 e. The van der Waals surface area contributed by atoms with E-state index in [1.807, 2.05) is 0 Å². The Hall–Kier alpha value is -2.70. The number of nitro groups is 1. The van der Waals surface area contributed by atoms with E-state index in [2.05, 4.69) is 9.97 Å². The molecule has 0 aliphatic heterocycles. The van der Waals surface area contributed by atoms with Gasteiger partial charge in [-0.2, -0.15) is 4.98 Å². The molecule has 0 atom stereocenters. The molecular weight excluding hydrogens is 236 g/mol. The van der Waals surface area contributed by atoms with Crippen LogP contribution in [0.2, 0.25) is 0 Å². The first-order chi connectivity index (χ1) is 8.56. The highest BCUT2D eigenvalue weighted by Gasteiger charge is 2.11. The highest BCUT2D eigenvalue weighted by Crippen LogP contribution is 2.25. The van der Waals surface area contributed by atoms with Gasteiger partial charge in [-0.25, -0.2) is 4.98 Å². The first-order valence-electron chi connectivity index (χ1n) is 5.07. The van der Waals surface area contributed by atoms with Gasteiger partial charge >= 0.3 is 6.01 Å². The number of hydrogen-bond donors (Lipinski definition) is 1. The summed E-state index contributed by atoms with van der Waals surface area (Å²) in [6.07, 6.45) is 1.47. The second kappa shape index (κ2) is 4.66. The average molecular weight is 246 g/mol. The number of hydrogen-bond acceptors (Lipinski definition) is 6. The van der Waals surface area contributed by atoms with E-state index >= 15 is 0 Å². The summed E-state index contributed by atoms with van der Waals surface area (Å²) >= 11 is 0. The van der Waals surface area contributed by atoms with Crippen LogP contribution in [0.25, 0.3) is 0 Å². The fourth-order valence-corrected chi connectivity index (χ4v) is 1.40. The van der Waals surface area contributed by atoms with Crippen molar-refractivity contribution in [3.05, 3.63) is 46.1 Å². The van der Waals surface area contributed by atoms with E-state index in [9.17, 15) is 10.1 Å². The highest BCUT2D eigenvalue weighted by atomic mass is 16.6. The van der Waals surface area contributed by atoms with Crippen molar-refractivity contribution in [2.45, 2.75) is 6.92 Å². The van der Waals surface area contributed by atoms with E-state index in [-0.39, 0.29) is 11.7 Å². The van der Waals surface area contributed by atoms with Crippen LogP contribution in [0.4, 0.5) is 11.5 Å². The summed E-state index contributed by atoms with van der Waals surface area (Å²) in [7, 11) is 0.